The highest BCUT2D eigenvalue weighted by Crippen LogP contribution is 2.39. The number of aryl methyl sites for hydroxylation is 2. The lowest BCUT2D eigenvalue weighted by molar-refractivity contribution is -0.0556. The van der Waals surface area contributed by atoms with Gasteiger partial charge in [-0.25, -0.2) is 9.97 Å². The zero-order valence-electron chi connectivity index (χ0n) is 20.2. The predicted octanol–water partition coefficient (Wildman–Crippen LogP) is 3.51. The average Bonchev–Trinajstić information content (AvgIpc) is 3.36. The summed E-state index contributed by atoms with van der Waals surface area (Å²) < 4.78 is 29.7. The summed E-state index contributed by atoms with van der Waals surface area (Å²) in [5, 5.41) is 12.5. The smallest absolute Gasteiger partial charge is 0.295 e. The third-order valence-corrected chi connectivity index (χ3v) is 6.42. The maximum absolute atomic E-state index is 14.1. The summed E-state index contributed by atoms with van der Waals surface area (Å²) in [6, 6.07) is 8.94. The number of halogens is 2. The number of aliphatic hydroxyl groups is 1. The largest absolute Gasteiger partial charge is 0.390 e. The SMILES string of the molecule is Cc1nc(NC(C)c2cccc(C(F)(F)CO)c2)c2c(n1)N1CCN=C1C(c1ccc(=O)n(C)c1)=C2. The van der Waals surface area contributed by atoms with E-state index in [1.54, 1.807) is 38.4 Å². The molecule has 0 saturated carbocycles. The van der Waals surface area contributed by atoms with Gasteiger partial charge in [-0.3, -0.25) is 9.79 Å². The third-order valence-electron chi connectivity index (χ3n) is 6.42. The molecule has 2 aromatic heterocycles. The highest BCUT2D eigenvalue weighted by molar-refractivity contribution is 6.36. The minimum absolute atomic E-state index is 0.107. The summed E-state index contributed by atoms with van der Waals surface area (Å²) in [7, 11) is 1.70. The molecular weight excluding hydrogens is 466 g/mol. The van der Waals surface area contributed by atoms with Crippen molar-refractivity contribution < 1.29 is 13.9 Å². The Hall–Kier alpha value is -3.92. The molecular formula is C26H26F2N6O2. The Morgan fingerprint density at radius 2 is 2.03 bits per heavy atom. The van der Waals surface area contributed by atoms with E-state index in [9.17, 15) is 13.6 Å². The van der Waals surface area contributed by atoms with Gasteiger partial charge in [0.05, 0.1) is 12.1 Å². The first-order valence-electron chi connectivity index (χ1n) is 11.6. The Bertz CT molecular complexity index is 1460. The highest BCUT2D eigenvalue weighted by Gasteiger charge is 2.33. The number of aromatic nitrogens is 3. The molecule has 4 heterocycles. The van der Waals surface area contributed by atoms with E-state index in [-0.39, 0.29) is 17.2 Å². The van der Waals surface area contributed by atoms with Crippen LogP contribution in [0, 0.1) is 6.92 Å². The van der Waals surface area contributed by atoms with Crippen LogP contribution in [0.1, 0.15) is 41.0 Å². The van der Waals surface area contributed by atoms with Crippen molar-refractivity contribution >= 4 is 29.1 Å². The van der Waals surface area contributed by atoms with Gasteiger partial charge in [0, 0.05) is 48.6 Å². The predicted molar refractivity (Wildman–Crippen MR) is 135 cm³/mol. The molecule has 36 heavy (non-hydrogen) atoms. The minimum atomic E-state index is -3.32. The second-order valence-electron chi connectivity index (χ2n) is 8.99. The molecule has 2 aliphatic heterocycles. The quantitative estimate of drug-likeness (QED) is 0.547. The zero-order valence-corrected chi connectivity index (χ0v) is 20.2. The Kier molecular flexibility index (Phi) is 5.91. The number of amidine groups is 1. The molecule has 0 saturated heterocycles. The first-order valence-corrected chi connectivity index (χ1v) is 11.6. The molecule has 0 radical (unpaired) electrons. The zero-order chi connectivity index (χ0) is 25.6. The molecule has 2 N–H and O–H groups in total. The summed E-state index contributed by atoms with van der Waals surface area (Å²) in [5.74, 6) is -0.675. The monoisotopic (exact) mass is 492 g/mol. The fourth-order valence-corrected chi connectivity index (χ4v) is 4.49. The van der Waals surface area contributed by atoms with Crippen LogP contribution in [0.25, 0.3) is 11.6 Å². The standard InChI is InChI=1S/C26H26F2N6O2/c1-15(17-5-4-6-19(11-17)26(27,28)14-35)30-23-21-12-20(18-7-8-22(36)33(3)13-18)24-29-9-10-34(24)25(21)32-16(2)31-23/h4-8,11-13,15,35H,9-10,14H2,1-3H3,(H,30,31,32). The fraction of sp³-hybridized carbons (Fsp3) is 0.308. The molecule has 2 aliphatic rings. The van der Waals surface area contributed by atoms with Crippen molar-refractivity contribution in [2.75, 3.05) is 29.9 Å². The van der Waals surface area contributed by atoms with E-state index in [0.717, 1.165) is 28.4 Å². The van der Waals surface area contributed by atoms with E-state index in [2.05, 4.69) is 20.3 Å². The van der Waals surface area contributed by atoms with E-state index >= 15 is 0 Å². The molecule has 0 spiro atoms. The summed E-state index contributed by atoms with van der Waals surface area (Å²) in [5.41, 5.74) is 2.73. The van der Waals surface area contributed by atoms with Crippen LogP contribution >= 0.6 is 0 Å². The van der Waals surface area contributed by atoms with E-state index in [1.165, 1.54) is 22.8 Å². The van der Waals surface area contributed by atoms with Crippen molar-refractivity contribution in [2.45, 2.75) is 25.8 Å². The number of nitrogens with one attached hydrogen (secondary N) is 1. The second-order valence-corrected chi connectivity index (χ2v) is 8.99. The lowest BCUT2D eigenvalue weighted by atomic mass is 9.98. The van der Waals surface area contributed by atoms with Gasteiger partial charge in [0.25, 0.3) is 5.92 Å². The number of rotatable bonds is 6. The van der Waals surface area contributed by atoms with Gasteiger partial charge in [-0.15, -0.1) is 0 Å². The van der Waals surface area contributed by atoms with E-state index in [4.69, 9.17) is 5.11 Å². The fourth-order valence-electron chi connectivity index (χ4n) is 4.49. The number of nitrogens with zero attached hydrogens (tertiary/aromatic N) is 5. The van der Waals surface area contributed by atoms with Crippen molar-refractivity contribution in [1.82, 2.24) is 14.5 Å². The average molecular weight is 493 g/mol. The lowest BCUT2D eigenvalue weighted by Crippen LogP contribution is -2.33. The molecule has 0 amide bonds. The Morgan fingerprint density at radius 1 is 1.22 bits per heavy atom. The summed E-state index contributed by atoms with van der Waals surface area (Å²) >= 11 is 0. The van der Waals surface area contributed by atoms with Crippen LogP contribution in [0.2, 0.25) is 0 Å². The summed E-state index contributed by atoms with van der Waals surface area (Å²) in [4.78, 5) is 28.0. The molecule has 1 aromatic carbocycles. The van der Waals surface area contributed by atoms with Gasteiger partial charge in [0.2, 0.25) is 5.56 Å². The van der Waals surface area contributed by atoms with Crippen molar-refractivity contribution in [3.8, 4) is 0 Å². The molecule has 1 atom stereocenters. The molecule has 10 heteroatoms. The number of aliphatic hydroxyl groups excluding tert-OH is 1. The molecule has 3 aromatic rings. The number of anilines is 2. The van der Waals surface area contributed by atoms with Crippen LogP contribution in [0.3, 0.4) is 0 Å². The molecule has 8 nitrogen and oxygen atoms in total. The highest BCUT2D eigenvalue weighted by atomic mass is 19.3. The van der Waals surface area contributed by atoms with E-state index in [1.807, 2.05) is 17.9 Å². The van der Waals surface area contributed by atoms with Crippen LogP contribution in [0.4, 0.5) is 20.4 Å². The van der Waals surface area contributed by atoms with Gasteiger partial charge in [-0.1, -0.05) is 18.2 Å². The number of pyridine rings is 1. The van der Waals surface area contributed by atoms with E-state index < -0.39 is 12.5 Å². The Balaban J connectivity index is 1.57. The number of alkyl halides is 2. The summed E-state index contributed by atoms with van der Waals surface area (Å²) in [6.45, 7) is 3.69. The van der Waals surface area contributed by atoms with Crippen molar-refractivity contribution in [3.63, 3.8) is 0 Å². The van der Waals surface area contributed by atoms with Gasteiger partial charge in [0.1, 0.15) is 29.9 Å². The minimum Gasteiger partial charge on any atom is -0.390 e. The third kappa shape index (κ3) is 4.17. The topological polar surface area (TPSA) is 95.6 Å². The van der Waals surface area contributed by atoms with Crippen LogP contribution in [-0.4, -0.2) is 45.2 Å². The van der Waals surface area contributed by atoms with Gasteiger partial charge in [-0.2, -0.15) is 8.78 Å². The molecule has 0 fully saturated rings. The second kappa shape index (κ2) is 8.94. The first-order chi connectivity index (χ1) is 17.2. The molecule has 186 valence electrons. The maximum Gasteiger partial charge on any atom is 0.295 e. The van der Waals surface area contributed by atoms with Crippen molar-refractivity contribution in [3.05, 3.63) is 81.0 Å². The maximum atomic E-state index is 14.1. The van der Waals surface area contributed by atoms with Crippen molar-refractivity contribution in [2.24, 2.45) is 12.0 Å². The molecule has 0 bridgehead atoms. The van der Waals surface area contributed by atoms with Gasteiger partial charge in [-0.05, 0) is 37.6 Å². The van der Waals surface area contributed by atoms with Crippen LogP contribution in [0.5, 0.6) is 0 Å². The number of aliphatic imine (C=N–C) groups is 1. The summed E-state index contributed by atoms with van der Waals surface area (Å²) in [6.07, 6.45) is 3.73. The van der Waals surface area contributed by atoms with Gasteiger partial charge >= 0.3 is 0 Å². The number of fused-ring (bicyclic) bond motifs is 3. The van der Waals surface area contributed by atoms with Crippen LogP contribution in [0.15, 0.2) is 52.4 Å². The van der Waals surface area contributed by atoms with Gasteiger partial charge < -0.3 is 19.9 Å². The molecule has 1 unspecified atom stereocenters. The van der Waals surface area contributed by atoms with E-state index in [0.29, 0.717) is 30.3 Å². The Labute approximate surface area is 206 Å². The Morgan fingerprint density at radius 3 is 2.78 bits per heavy atom. The molecule has 5 rings (SSSR count). The van der Waals surface area contributed by atoms with Gasteiger partial charge in [0.15, 0.2) is 0 Å². The van der Waals surface area contributed by atoms with Crippen LogP contribution < -0.4 is 15.8 Å². The number of benzene rings is 1. The number of hydrogen-bond acceptors (Lipinski definition) is 7. The normalized spacial score (nSPS) is 15.7. The molecule has 0 aliphatic carbocycles. The lowest BCUT2D eigenvalue weighted by Gasteiger charge is -2.29. The van der Waals surface area contributed by atoms with Crippen molar-refractivity contribution in [1.29, 1.82) is 0 Å². The number of hydrogen-bond donors (Lipinski definition) is 2. The van der Waals surface area contributed by atoms with Crippen LogP contribution in [-0.2, 0) is 13.0 Å². The first kappa shape index (κ1) is 23.8.